The molecule has 1 aliphatic heterocycles. The Morgan fingerprint density at radius 3 is 2.55 bits per heavy atom. The smallest absolute Gasteiger partial charge is 0.378 e. The first-order valence-electron chi connectivity index (χ1n) is 6.45. The van der Waals surface area contributed by atoms with E-state index in [1.807, 2.05) is 0 Å². The van der Waals surface area contributed by atoms with Gasteiger partial charge in [0.15, 0.2) is 0 Å². The molecule has 1 aromatic carbocycles. The Balaban J connectivity index is 2.09. The maximum Gasteiger partial charge on any atom is 0.407 e. The lowest BCUT2D eigenvalue weighted by molar-refractivity contribution is -0.160. The van der Waals surface area contributed by atoms with Gasteiger partial charge in [0.1, 0.15) is 11.6 Å². The lowest BCUT2D eigenvalue weighted by Gasteiger charge is -2.30. The van der Waals surface area contributed by atoms with Crippen LogP contribution >= 0.6 is 0 Å². The van der Waals surface area contributed by atoms with E-state index in [0.29, 0.717) is 19.6 Å². The average Bonchev–Trinajstić information content (AvgIpc) is 2.88. The number of alkyl halides is 3. The number of halogens is 3. The van der Waals surface area contributed by atoms with Gasteiger partial charge in [-0.05, 0) is 5.56 Å². The highest BCUT2D eigenvalue weighted by Gasteiger charge is 2.43. The zero-order valence-corrected chi connectivity index (χ0v) is 11.2. The number of ether oxygens (including phenoxy) is 2. The molecule has 1 aromatic rings. The number of hydrogen-bond acceptors (Lipinski definition) is 3. The van der Waals surface area contributed by atoms with E-state index in [1.54, 1.807) is 18.2 Å². The first-order valence-corrected chi connectivity index (χ1v) is 6.45. The summed E-state index contributed by atoms with van der Waals surface area (Å²) < 4.78 is 50.1. The van der Waals surface area contributed by atoms with Gasteiger partial charge in [-0.15, -0.1) is 0 Å². The molecule has 0 spiro atoms. The summed E-state index contributed by atoms with van der Waals surface area (Å²) in [6, 6.07) is 6.13. The molecular weight excluding hydrogens is 271 g/mol. The van der Waals surface area contributed by atoms with Crippen molar-refractivity contribution in [2.75, 3.05) is 26.9 Å². The number of rotatable bonds is 5. The molecule has 3 nitrogen and oxygen atoms in total. The van der Waals surface area contributed by atoms with E-state index >= 15 is 0 Å². The minimum Gasteiger partial charge on any atom is -0.378 e. The normalized spacial score (nSPS) is 24.8. The summed E-state index contributed by atoms with van der Waals surface area (Å²) >= 11 is 0. The zero-order valence-electron chi connectivity index (χ0n) is 11.2. The molecule has 0 saturated carbocycles. The molecular formula is C14H18F3NO2. The lowest BCUT2D eigenvalue weighted by Crippen LogP contribution is -2.47. The van der Waals surface area contributed by atoms with Gasteiger partial charge in [0.25, 0.3) is 0 Å². The molecule has 0 aromatic heterocycles. The Kier molecular flexibility index (Phi) is 4.67. The first-order chi connectivity index (χ1) is 9.47. The van der Waals surface area contributed by atoms with Gasteiger partial charge < -0.3 is 9.47 Å². The molecule has 1 heterocycles. The minimum absolute atomic E-state index is 0.0998. The maximum absolute atomic E-state index is 13.2. The second kappa shape index (κ2) is 6.11. The third kappa shape index (κ3) is 3.50. The summed E-state index contributed by atoms with van der Waals surface area (Å²) in [7, 11) is 1.50. The number of hydrogen-bond donors (Lipinski definition) is 1. The van der Waals surface area contributed by atoms with Gasteiger partial charge in [0.05, 0.1) is 6.61 Å². The van der Waals surface area contributed by atoms with E-state index < -0.39 is 17.8 Å². The number of methoxy groups -OCH3 is 1. The van der Waals surface area contributed by atoms with E-state index in [-0.39, 0.29) is 12.1 Å². The summed E-state index contributed by atoms with van der Waals surface area (Å²) in [6.45, 7) is 0.927. The highest BCUT2D eigenvalue weighted by atomic mass is 19.4. The summed E-state index contributed by atoms with van der Waals surface area (Å²) in [5, 5.41) is 2.58. The van der Waals surface area contributed by atoms with Gasteiger partial charge in [0.2, 0.25) is 0 Å². The molecule has 1 fully saturated rings. The molecule has 6 heteroatoms. The SMILES string of the molecule is COC1(CNC(c2ccccc2)C(F)(F)F)CCOC1. The van der Waals surface area contributed by atoms with Crippen molar-refractivity contribution in [1.29, 1.82) is 0 Å². The molecule has 1 N–H and O–H groups in total. The van der Waals surface area contributed by atoms with Crippen LogP contribution in [0.5, 0.6) is 0 Å². The summed E-state index contributed by atoms with van der Waals surface area (Å²) in [4.78, 5) is 0. The first kappa shape index (κ1) is 15.3. The van der Waals surface area contributed by atoms with E-state index in [0.717, 1.165) is 0 Å². The van der Waals surface area contributed by atoms with E-state index in [1.165, 1.54) is 19.2 Å². The molecule has 1 saturated heterocycles. The second-order valence-corrected chi connectivity index (χ2v) is 4.96. The van der Waals surface area contributed by atoms with Crippen molar-refractivity contribution in [3.8, 4) is 0 Å². The third-order valence-electron chi connectivity index (χ3n) is 3.59. The van der Waals surface area contributed by atoms with Gasteiger partial charge in [-0.25, -0.2) is 0 Å². The van der Waals surface area contributed by atoms with Crippen molar-refractivity contribution in [3.05, 3.63) is 35.9 Å². The third-order valence-corrected chi connectivity index (χ3v) is 3.59. The largest absolute Gasteiger partial charge is 0.407 e. The van der Waals surface area contributed by atoms with Gasteiger partial charge in [0, 0.05) is 26.7 Å². The second-order valence-electron chi connectivity index (χ2n) is 4.96. The van der Waals surface area contributed by atoms with Crippen molar-refractivity contribution in [1.82, 2.24) is 5.32 Å². The van der Waals surface area contributed by atoms with Gasteiger partial charge >= 0.3 is 6.18 Å². The van der Waals surface area contributed by atoms with Crippen LogP contribution in [0.2, 0.25) is 0 Å². The summed E-state index contributed by atoms with van der Waals surface area (Å²) in [6.07, 6.45) is -3.76. The van der Waals surface area contributed by atoms with Crippen molar-refractivity contribution in [2.24, 2.45) is 0 Å². The Morgan fingerprint density at radius 1 is 1.35 bits per heavy atom. The van der Waals surface area contributed by atoms with Crippen LogP contribution in [0.4, 0.5) is 13.2 Å². The van der Waals surface area contributed by atoms with Gasteiger partial charge in [-0.3, -0.25) is 5.32 Å². The highest BCUT2D eigenvalue weighted by molar-refractivity contribution is 5.20. The molecule has 0 bridgehead atoms. The molecule has 2 atom stereocenters. The van der Waals surface area contributed by atoms with Crippen molar-refractivity contribution in [2.45, 2.75) is 24.2 Å². The molecule has 0 amide bonds. The maximum atomic E-state index is 13.2. The topological polar surface area (TPSA) is 30.5 Å². The minimum atomic E-state index is -4.35. The fourth-order valence-corrected chi connectivity index (χ4v) is 2.32. The van der Waals surface area contributed by atoms with Crippen molar-refractivity contribution >= 4 is 0 Å². The van der Waals surface area contributed by atoms with E-state index in [2.05, 4.69) is 5.32 Å². The van der Waals surface area contributed by atoms with Crippen LogP contribution in [-0.2, 0) is 9.47 Å². The predicted octanol–water partition coefficient (Wildman–Crippen LogP) is 2.69. The summed E-state index contributed by atoms with van der Waals surface area (Å²) in [5.41, 5.74) is -0.469. The zero-order chi connectivity index (χ0) is 14.6. The molecule has 0 aliphatic carbocycles. The van der Waals surface area contributed by atoms with Crippen LogP contribution in [0.3, 0.4) is 0 Å². The molecule has 20 heavy (non-hydrogen) atoms. The number of benzene rings is 1. The molecule has 0 radical (unpaired) electrons. The molecule has 2 rings (SSSR count). The van der Waals surface area contributed by atoms with Crippen molar-refractivity contribution in [3.63, 3.8) is 0 Å². The fourth-order valence-electron chi connectivity index (χ4n) is 2.32. The number of nitrogens with one attached hydrogen (secondary N) is 1. The Labute approximate surface area is 116 Å². The van der Waals surface area contributed by atoms with Crippen LogP contribution in [0.25, 0.3) is 0 Å². The predicted molar refractivity (Wildman–Crippen MR) is 68.4 cm³/mol. The average molecular weight is 289 g/mol. The van der Waals surface area contributed by atoms with Crippen LogP contribution in [0, 0.1) is 0 Å². The quantitative estimate of drug-likeness (QED) is 0.904. The standard InChI is InChI=1S/C14H18F3NO2/c1-19-13(7-8-20-10-13)9-18-12(14(15,16)17)11-5-3-2-4-6-11/h2-6,12,18H,7-10H2,1H3. The molecule has 2 unspecified atom stereocenters. The van der Waals surface area contributed by atoms with Crippen molar-refractivity contribution < 1.29 is 22.6 Å². The van der Waals surface area contributed by atoms with Crippen LogP contribution in [0.15, 0.2) is 30.3 Å². The molecule has 112 valence electrons. The Bertz CT molecular complexity index is 416. The van der Waals surface area contributed by atoms with Gasteiger partial charge in [-0.2, -0.15) is 13.2 Å². The van der Waals surface area contributed by atoms with Crippen LogP contribution in [0.1, 0.15) is 18.0 Å². The van der Waals surface area contributed by atoms with Crippen LogP contribution < -0.4 is 5.32 Å². The van der Waals surface area contributed by atoms with E-state index in [4.69, 9.17) is 9.47 Å². The fraction of sp³-hybridized carbons (Fsp3) is 0.571. The Morgan fingerprint density at radius 2 is 2.05 bits per heavy atom. The monoisotopic (exact) mass is 289 g/mol. The van der Waals surface area contributed by atoms with Gasteiger partial charge in [-0.1, -0.05) is 30.3 Å². The van der Waals surface area contributed by atoms with E-state index in [9.17, 15) is 13.2 Å². The summed E-state index contributed by atoms with van der Waals surface area (Å²) in [5.74, 6) is 0. The molecule has 1 aliphatic rings. The lowest BCUT2D eigenvalue weighted by atomic mass is 10.0. The Hall–Kier alpha value is -1.11. The highest BCUT2D eigenvalue weighted by Crippen LogP contribution is 2.33. The van der Waals surface area contributed by atoms with Crippen LogP contribution in [-0.4, -0.2) is 38.6 Å².